The smallest absolute Gasteiger partial charge is 0.227 e. The molecule has 18 heavy (non-hydrogen) atoms. The molecule has 3 nitrogen and oxygen atoms in total. The number of aliphatic hydroxyl groups excluding tert-OH is 1. The van der Waals surface area contributed by atoms with Crippen LogP contribution in [0.1, 0.15) is 30.4 Å². The molecule has 0 bridgehead atoms. The van der Waals surface area contributed by atoms with Crippen LogP contribution in [0.2, 0.25) is 0 Å². The standard InChI is InChI=1S/C15H17NO2/c1-11-10-12(4-3-9-17)7-8-14(11)16-15(18)13-5-2-6-13/h7-8,10,13,17H,2,5-6,9H2,1H3,(H,16,18). The summed E-state index contributed by atoms with van der Waals surface area (Å²) in [6, 6.07) is 5.64. The van der Waals surface area contributed by atoms with E-state index in [2.05, 4.69) is 17.2 Å². The van der Waals surface area contributed by atoms with Gasteiger partial charge in [-0.15, -0.1) is 0 Å². The summed E-state index contributed by atoms with van der Waals surface area (Å²) in [7, 11) is 0. The summed E-state index contributed by atoms with van der Waals surface area (Å²) in [5, 5.41) is 11.6. The average molecular weight is 243 g/mol. The Hall–Kier alpha value is -1.79. The molecule has 0 spiro atoms. The molecule has 3 heteroatoms. The molecule has 1 aromatic carbocycles. The third kappa shape index (κ3) is 2.91. The lowest BCUT2D eigenvalue weighted by atomic mass is 9.85. The summed E-state index contributed by atoms with van der Waals surface area (Å²) in [6.07, 6.45) is 3.17. The van der Waals surface area contributed by atoms with Crippen LogP contribution in [0.15, 0.2) is 18.2 Å². The second-order valence-corrected chi connectivity index (χ2v) is 4.61. The molecule has 1 saturated carbocycles. The van der Waals surface area contributed by atoms with Crippen molar-refractivity contribution in [1.29, 1.82) is 0 Å². The van der Waals surface area contributed by atoms with Gasteiger partial charge in [0.25, 0.3) is 0 Å². The van der Waals surface area contributed by atoms with E-state index in [0.29, 0.717) is 0 Å². The normalized spacial score (nSPS) is 14.3. The quantitative estimate of drug-likeness (QED) is 0.781. The van der Waals surface area contributed by atoms with Crippen molar-refractivity contribution in [2.45, 2.75) is 26.2 Å². The molecule has 0 radical (unpaired) electrons. The lowest BCUT2D eigenvalue weighted by Gasteiger charge is -2.24. The van der Waals surface area contributed by atoms with Crippen molar-refractivity contribution < 1.29 is 9.90 Å². The number of nitrogens with one attached hydrogen (secondary N) is 1. The third-order valence-electron chi connectivity index (χ3n) is 3.27. The van der Waals surface area contributed by atoms with Crippen LogP contribution in [0, 0.1) is 24.7 Å². The van der Waals surface area contributed by atoms with Crippen LogP contribution >= 0.6 is 0 Å². The second kappa shape index (κ2) is 5.70. The average Bonchev–Trinajstić information content (AvgIpc) is 2.27. The number of rotatable bonds is 2. The Balaban J connectivity index is 2.07. The number of benzene rings is 1. The van der Waals surface area contributed by atoms with Gasteiger partial charge in [-0.1, -0.05) is 18.3 Å². The molecule has 1 aromatic rings. The number of anilines is 1. The van der Waals surface area contributed by atoms with Crippen molar-refractivity contribution >= 4 is 11.6 Å². The van der Waals surface area contributed by atoms with Gasteiger partial charge >= 0.3 is 0 Å². The van der Waals surface area contributed by atoms with E-state index in [1.807, 2.05) is 25.1 Å². The Bertz CT molecular complexity index is 507. The van der Waals surface area contributed by atoms with E-state index in [-0.39, 0.29) is 18.4 Å². The summed E-state index contributed by atoms with van der Waals surface area (Å²) < 4.78 is 0. The molecule has 1 aliphatic rings. The second-order valence-electron chi connectivity index (χ2n) is 4.61. The Morgan fingerprint density at radius 1 is 1.50 bits per heavy atom. The van der Waals surface area contributed by atoms with Crippen molar-refractivity contribution in [3.8, 4) is 11.8 Å². The Kier molecular flexibility index (Phi) is 4.01. The van der Waals surface area contributed by atoms with Gasteiger partial charge in [0.2, 0.25) is 5.91 Å². The lowest BCUT2D eigenvalue weighted by molar-refractivity contribution is -0.122. The molecular formula is C15H17NO2. The predicted molar refractivity (Wildman–Crippen MR) is 71.1 cm³/mol. The number of carbonyl (C=O) groups is 1. The predicted octanol–water partition coefficient (Wildman–Crippen LogP) is 2.08. The first-order valence-electron chi connectivity index (χ1n) is 6.22. The van der Waals surface area contributed by atoms with Crippen molar-refractivity contribution in [2.75, 3.05) is 11.9 Å². The number of carbonyl (C=O) groups excluding carboxylic acids is 1. The van der Waals surface area contributed by atoms with E-state index < -0.39 is 0 Å². The Labute approximate surface area is 107 Å². The number of amides is 1. The minimum absolute atomic E-state index is 0.124. The summed E-state index contributed by atoms with van der Waals surface area (Å²) >= 11 is 0. The maximum atomic E-state index is 11.8. The minimum atomic E-state index is -0.140. The highest BCUT2D eigenvalue weighted by molar-refractivity contribution is 5.93. The highest BCUT2D eigenvalue weighted by atomic mass is 16.2. The van der Waals surface area contributed by atoms with E-state index >= 15 is 0 Å². The van der Waals surface area contributed by atoms with Crippen LogP contribution in [0.25, 0.3) is 0 Å². The summed E-state index contributed by atoms with van der Waals surface area (Å²) in [6.45, 7) is 1.81. The number of aryl methyl sites for hydroxylation is 1. The van der Waals surface area contributed by atoms with Gasteiger partial charge in [0.05, 0.1) is 0 Å². The van der Waals surface area contributed by atoms with E-state index in [4.69, 9.17) is 5.11 Å². The van der Waals surface area contributed by atoms with Gasteiger partial charge in [-0.3, -0.25) is 4.79 Å². The first kappa shape index (κ1) is 12.7. The Morgan fingerprint density at radius 3 is 2.83 bits per heavy atom. The fourth-order valence-electron chi connectivity index (χ4n) is 1.93. The molecule has 0 saturated heterocycles. The molecule has 0 heterocycles. The highest BCUT2D eigenvalue weighted by Crippen LogP contribution is 2.28. The van der Waals surface area contributed by atoms with E-state index in [1.54, 1.807) is 0 Å². The summed E-state index contributed by atoms with van der Waals surface area (Å²) in [5.41, 5.74) is 2.69. The van der Waals surface area contributed by atoms with Crippen molar-refractivity contribution in [3.63, 3.8) is 0 Å². The molecule has 2 N–H and O–H groups in total. The fraction of sp³-hybridized carbons (Fsp3) is 0.400. The summed E-state index contributed by atoms with van der Waals surface area (Å²) in [4.78, 5) is 11.8. The van der Waals surface area contributed by atoms with E-state index in [1.165, 1.54) is 0 Å². The van der Waals surface area contributed by atoms with Crippen LogP contribution < -0.4 is 5.32 Å². The minimum Gasteiger partial charge on any atom is -0.384 e. The molecule has 1 aliphatic carbocycles. The molecule has 94 valence electrons. The third-order valence-corrected chi connectivity index (χ3v) is 3.27. The number of hydrogen-bond acceptors (Lipinski definition) is 2. The number of hydrogen-bond donors (Lipinski definition) is 2. The van der Waals surface area contributed by atoms with Gasteiger partial charge in [-0.05, 0) is 43.5 Å². The zero-order valence-electron chi connectivity index (χ0n) is 10.5. The van der Waals surface area contributed by atoms with E-state index in [0.717, 1.165) is 36.1 Å². The van der Waals surface area contributed by atoms with Gasteiger partial charge in [0, 0.05) is 17.2 Å². The topological polar surface area (TPSA) is 49.3 Å². The van der Waals surface area contributed by atoms with Gasteiger partial charge in [0.15, 0.2) is 0 Å². The van der Waals surface area contributed by atoms with Crippen molar-refractivity contribution in [3.05, 3.63) is 29.3 Å². The first-order chi connectivity index (χ1) is 8.70. The van der Waals surface area contributed by atoms with Gasteiger partial charge in [-0.25, -0.2) is 0 Å². The summed E-state index contributed by atoms with van der Waals surface area (Å²) in [5.74, 6) is 5.77. The molecular weight excluding hydrogens is 226 g/mol. The van der Waals surface area contributed by atoms with Crippen molar-refractivity contribution in [2.24, 2.45) is 5.92 Å². The largest absolute Gasteiger partial charge is 0.384 e. The zero-order chi connectivity index (χ0) is 13.0. The van der Waals surface area contributed by atoms with Crippen LogP contribution in [-0.2, 0) is 4.79 Å². The monoisotopic (exact) mass is 243 g/mol. The maximum Gasteiger partial charge on any atom is 0.227 e. The molecule has 0 unspecified atom stereocenters. The van der Waals surface area contributed by atoms with Crippen molar-refractivity contribution in [1.82, 2.24) is 0 Å². The lowest BCUT2D eigenvalue weighted by Crippen LogP contribution is -2.28. The van der Waals surface area contributed by atoms with E-state index in [9.17, 15) is 4.79 Å². The highest BCUT2D eigenvalue weighted by Gasteiger charge is 2.25. The fourth-order valence-corrected chi connectivity index (χ4v) is 1.93. The molecule has 2 rings (SSSR count). The molecule has 1 fully saturated rings. The molecule has 1 amide bonds. The maximum absolute atomic E-state index is 11.8. The Morgan fingerprint density at radius 2 is 2.28 bits per heavy atom. The van der Waals surface area contributed by atoms with Crippen LogP contribution in [0.4, 0.5) is 5.69 Å². The van der Waals surface area contributed by atoms with Gasteiger partial charge in [0.1, 0.15) is 6.61 Å². The van der Waals surface area contributed by atoms with Crippen LogP contribution in [0.3, 0.4) is 0 Å². The molecule has 0 aliphatic heterocycles. The van der Waals surface area contributed by atoms with Gasteiger partial charge < -0.3 is 10.4 Å². The first-order valence-corrected chi connectivity index (χ1v) is 6.22. The van der Waals surface area contributed by atoms with Crippen LogP contribution in [-0.4, -0.2) is 17.6 Å². The van der Waals surface area contributed by atoms with Gasteiger partial charge in [-0.2, -0.15) is 0 Å². The zero-order valence-corrected chi connectivity index (χ0v) is 10.5. The molecule has 0 atom stereocenters. The number of aliphatic hydroxyl groups is 1. The van der Waals surface area contributed by atoms with Crippen LogP contribution in [0.5, 0.6) is 0 Å². The SMILES string of the molecule is Cc1cc(C#CCO)ccc1NC(=O)C1CCC1. The molecule has 0 aromatic heterocycles.